The number of benzene rings is 2. The molecule has 0 aromatic heterocycles. The minimum Gasteiger partial charge on any atom is -0.487 e. The van der Waals surface area contributed by atoms with Crippen molar-refractivity contribution in [1.29, 1.82) is 0 Å². The molecule has 2 aromatic rings. The van der Waals surface area contributed by atoms with Gasteiger partial charge in [0.25, 0.3) is 0 Å². The van der Waals surface area contributed by atoms with Gasteiger partial charge in [-0.3, -0.25) is 14.5 Å². The SMILES string of the molecule is CC(=O)O[C@@]12CC[C@@H](N(CC(C)C)C(=O)C=Cc3cccc(OC(F)(F)F)c3)[C@@H]3Oc4cccc5c4[C@@]31CCN(C)[C@@H]2C5. The quantitative estimate of drug-likeness (QED) is 0.310. The molecular weight excluding hydrogens is 561 g/mol. The first-order valence-electron chi connectivity index (χ1n) is 14.9. The number of esters is 1. The molecule has 10 heteroatoms. The van der Waals surface area contributed by atoms with Crippen molar-refractivity contribution < 1.29 is 37.0 Å². The van der Waals surface area contributed by atoms with E-state index < -0.39 is 23.5 Å². The molecular formula is C33H37F3N2O5. The number of carbonyl (C=O) groups is 2. The van der Waals surface area contributed by atoms with E-state index in [-0.39, 0.29) is 35.6 Å². The first-order valence-corrected chi connectivity index (χ1v) is 14.9. The van der Waals surface area contributed by atoms with Crippen molar-refractivity contribution in [1.82, 2.24) is 9.80 Å². The molecule has 1 amide bonds. The number of piperidine rings is 1. The van der Waals surface area contributed by atoms with Gasteiger partial charge in [-0.25, -0.2) is 0 Å². The Labute approximate surface area is 249 Å². The van der Waals surface area contributed by atoms with Gasteiger partial charge in [0.1, 0.15) is 23.2 Å². The molecule has 6 rings (SSSR count). The minimum absolute atomic E-state index is 0.0154. The number of hydrogen-bond acceptors (Lipinski definition) is 6. The van der Waals surface area contributed by atoms with Gasteiger partial charge in [-0.2, -0.15) is 0 Å². The van der Waals surface area contributed by atoms with Crippen LogP contribution in [0.2, 0.25) is 0 Å². The minimum atomic E-state index is -4.81. The Hall–Kier alpha value is -3.53. The average Bonchev–Trinajstić information content (AvgIpc) is 3.26. The lowest BCUT2D eigenvalue weighted by atomic mass is 9.48. The zero-order valence-electron chi connectivity index (χ0n) is 24.8. The Bertz CT molecular complexity index is 1460. The molecule has 2 heterocycles. The van der Waals surface area contributed by atoms with Crippen LogP contribution >= 0.6 is 0 Å². The lowest BCUT2D eigenvalue weighted by Crippen LogP contribution is -2.79. The zero-order valence-corrected chi connectivity index (χ0v) is 24.8. The maximum absolute atomic E-state index is 13.9. The fraction of sp³-hybridized carbons (Fsp3) is 0.515. The van der Waals surface area contributed by atoms with Crippen molar-refractivity contribution in [2.75, 3.05) is 20.1 Å². The second-order valence-corrected chi connectivity index (χ2v) is 12.7. The predicted molar refractivity (Wildman–Crippen MR) is 154 cm³/mol. The van der Waals surface area contributed by atoms with Crippen LogP contribution in [0.25, 0.3) is 6.08 Å². The van der Waals surface area contributed by atoms with Crippen molar-refractivity contribution in [3.8, 4) is 11.5 Å². The van der Waals surface area contributed by atoms with Crippen molar-refractivity contribution in [2.45, 2.75) is 82.0 Å². The lowest BCUT2D eigenvalue weighted by molar-refractivity contribution is -0.274. The van der Waals surface area contributed by atoms with Crippen LogP contribution in [0, 0.1) is 5.92 Å². The first-order chi connectivity index (χ1) is 20.3. The molecule has 4 aliphatic rings. The molecule has 0 unspecified atom stereocenters. The van der Waals surface area contributed by atoms with Crippen molar-refractivity contribution in [2.24, 2.45) is 5.92 Å². The van der Waals surface area contributed by atoms with Crippen LogP contribution < -0.4 is 9.47 Å². The lowest BCUT2D eigenvalue weighted by Gasteiger charge is -2.65. The molecule has 2 aromatic carbocycles. The van der Waals surface area contributed by atoms with Gasteiger partial charge in [-0.05, 0) is 80.6 Å². The number of hydrogen-bond donors (Lipinski definition) is 0. The Morgan fingerprint density at radius 3 is 2.67 bits per heavy atom. The molecule has 0 N–H and O–H groups in total. The fourth-order valence-corrected chi connectivity index (χ4v) is 8.31. The Morgan fingerprint density at radius 1 is 1.19 bits per heavy atom. The maximum atomic E-state index is 13.9. The standard InChI is InChI=1S/C33H37F3N2O5/c1-20(2)19-38(28(40)12-11-22-7-5-9-24(17-22)43-33(34,35)36)25-13-14-32(42-21(3)39)27-18-23-8-6-10-26-29(23)31(32,30(25)41-26)15-16-37(27)4/h5-12,17,20,25,27,30H,13-16,18-19H2,1-4H3/t25-,27-,30+,31+,32-/m1/s1. The van der Waals surface area contributed by atoms with Gasteiger partial charge >= 0.3 is 12.3 Å². The number of likely N-dealkylation sites (tertiary alicyclic amines) is 1. The van der Waals surface area contributed by atoms with E-state index in [4.69, 9.17) is 9.47 Å². The molecule has 2 bridgehead atoms. The van der Waals surface area contributed by atoms with Crippen LogP contribution in [-0.4, -0.2) is 72.0 Å². The summed E-state index contributed by atoms with van der Waals surface area (Å²) < 4.78 is 55.5. The third kappa shape index (κ3) is 4.87. The molecule has 43 heavy (non-hydrogen) atoms. The van der Waals surface area contributed by atoms with Gasteiger partial charge in [0.05, 0.1) is 17.5 Å². The van der Waals surface area contributed by atoms with E-state index in [0.29, 0.717) is 24.9 Å². The van der Waals surface area contributed by atoms with Gasteiger partial charge in [0, 0.05) is 25.1 Å². The van der Waals surface area contributed by atoms with Crippen LogP contribution in [0.15, 0.2) is 48.5 Å². The van der Waals surface area contributed by atoms with Crippen molar-refractivity contribution in [3.05, 3.63) is 65.2 Å². The van der Waals surface area contributed by atoms with Crippen LogP contribution in [-0.2, 0) is 26.2 Å². The highest BCUT2D eigenvalue weighted by Gasteiger charge is 2.75. The first kappa shape index (κ1) is 29.5. The smallest absolute Gasteiger partial charge is 0.487 e. The van der Waals surface area contributed by atoms with Gasteiger partial charge in [-0.15, -0.1) is 13.2 Å². The molecule has 1 saturated carbocycles. The van der Waals surface area contributed by atoms with Crippen molar-refractivity contribution >= 4 is 18.0 Å². The Kier molecular flexibility index (Phi) is 7.26. The van der Waals surface area contributed by atoms with E-state index in [0.717, 1.165) is 30.7 Å². The predicted octanol–water partition coefficient (Wildman–Crippen LogP) is 5.51. The summed E-state index contributed by atoms with van der Waals surface area (Å²) in [5, 5.41) is 0. The van der Waals surface area contributed by atoms with Crippen LogP contribution in [0.5, 0.6) is 11.5 Å². The van der Waals surface area contributed by atoms with Gasteiger partial charge in [0.2, 0.25) is 5.91 Å². The van der Waals surface area contributed by atoms with Gasteiger partial charge in [0.15, 0.2) is 0 Å². The number of amides is 1. The Balaban J connectivity index is 1.38. The highest BCUT2D eigenvalue weighted by Crippen LogP contribution is 2.65. The summed E-state index contributed by atoms with van der Waals surface area (Å²) in [5.74, 6) is 0.0190. The molecule has 1 saturated heterocycles. The number of ether oxygens (including phenoxy) is 3. The summed E-state index contributed by atoms with van der Waals surface area (Å²) in [6.07, 6.45) is 0.334. The third-order valence-electron chi connectivity index (χ3n) is 9.64. The normalized spacial score (nSPS) is 29.3. The van der Waals surface area contributed by atoms with E-state index in [9.17, 15) is 22.8 Å². The van der Waals surface area contributed by atoms with Crippen LogP contribution in [0.3, 0.4) is 0 Å². The average molecular weight is 599 g/mol. The summed E-state index contributed by atoms with van der Waals surface area (Å²) in [6.45, 7) is 6.83. The maximum Gasteiger partial charge on any atom is 0.573 e. The highest BCUT2D eigenvalue weighted by molar-refractivity contribution is 5.92. The Morgan fingerprint density at radius 2 is 1.95 bits per heavy atom. The van der Waals surface area contributed by atoms with E-state index in [1.165, 1.54) is 42.8 Å². The molecule has 2 aliphatic heterocycles. The highest BCUT2D eigenvalue weighted by atomic mass is 19.4. The van der Waals surface area contributed by atoms with Crippen molar-refractivity contribution in [3.63, 3.8) is 0 Å². The largest absolute Gasteiger partial charge is 0.573 e. The molecule has 1 spiro atoms. The summed E-state index contributed by atoms with van der Waals surface area (Å²) in [4.78, 5) is 30.8. The van der Waals surface area contributed by atoms with E-state index in [2.05, 4.69) is 22.8 Å². The molecule has 7 nitrogen and oxygen atoms in total. The van der Waals surface area contributed by atoms with E-state index in [1.807, 2.05) is 30.9 Å². The summed E-state index contributed by atoms with van der Waals surface area (Å²) in [6, 6.07) is 11.3. The number of rotatable bonds is 7. The number of nitrogens with zero attached hydrogens (tertiary/aromatic N) is 2. The van der Waals surface area contributed by atoms with Crippen LogP contribution in [0.4, 0.5) is 13.2 Å². The molecule has 230 valence electrons. The van der Waals surface area contributed by atoms with Gasteiger partial charge < -0.3 is 19.1 Å². The monoisotopic (exact) mass is 598 g/mol. The topological polar surface area (TPSA) is 68.3 Å². The number of likely N-dealkylation sites (N-methyl/N-ethyl adjacent to an activating group) is 1. The molecule has 5 atom stereocenters. The zero-order chi connectivity index (χ0) is 30.7. The van der Waals surface area contributed by atoms with Gasteiger partial charge in [-0.1, -0.05) is 38.1 Å². The molecule has 0 radical (unpaired) electrons. The molecule has 2 aliphatic carbocycles. The third-order valence-corrected chi connectivity index (χ3v) is 9.64. The van der Waals surface area contributed by atoms with E-state index >= 15 is 0 Å². The number of carbonyl (C=O) groups excluding carboxylic acids is 2. The summed E-state index contributed by atoms with van der Waals surface area (Å²) in [7, 11) is 2.09. The summed E-state index contributed by atoms with van der Waals surface area (Å²) >= 11 is 0. The van der Waals surface area contributed by atoms with Crippen LogP contribution in [0.1, 0.15) is 56.7 Å². The summed E-state index contributed by atoms with van der Waals surface area (Å²) in [5.41, 5.74) is 1.33. The second kappa shape index (κ2) is 10.6. The fourth-order valence-electron chi connectivity index (χ4n) is 8.31. The number of alkyl halides is 3. The molecule has 2 fully saturated rings. The van der Waals surface area contributed by atoms with E-state index in [1.54, 1.807) is 6.07 Å². The number of halogens is 3. The second-order valence-electron chi connectivity index (χ2n) is 12.7.